The number of hydrogen-bond acceptors (Lipinski definition) is 7. The Bertz CT molecular complexity index is 1150. The zero-order chi connectivity index (χ0) is 23.8. The van der Waals surface area contributed by atoms with Crippen molar-refractivity contribution < 1.29 is 31.1 Å². The van der Waals surface area contributed by atoms with Gasteiger partial charge in [-0.2, -0.15) is 4.31 Å². The number of aromatic nitrogens is 1. The summed E-state index contributed by atoms with van der Waals surface area (Å²) in [6, 6.07) is 5.89. The average Bonchev–Trinajstić information content (AvgIpc) is 3.17. The molecule has 2 aliphatic heterocycles. The Balaban J connectivity index is 1.76. The standard InChI is InChI=1S/C20H22F3N5O4S/c1-28-11-24-10-26-20(9-32-17(7-21)18(20)33(28,30)31)14-6-13(3-4-15(14)23)27-19(29)16-5-2-12(22)8-25-16/h2-6,8,17-18,24,26H,7,9-11H2,1H3,(H,27,29)/t17-,18+,20+/m0/s1. The molecule has 1 aromatic carbocycles. The summed E-state index contributed by atoms with van der Waals surface area (Å²) in [7, 11) is -2.78. The van der Waals surface area contributed by atoms with Gasteiger partial charge in [-0.3, -0.25) is 15.4 Å². The Kier molecular flexibility index (Phi) is 6.42. The molecule has 3 N–H and O–H groups in total. The van der Waals surface area contributed by atoms with E-state index in [1.54, 1.807) is 0 Å². The van der Waals surface area contributed by atoms with Crippen LogP contribution in [-0.2, 0) is 20.3 Å². The summed E-state index contributed by atoms with van der Waals surface area (Å²) in [5, 5.41) is 6.96. The van der Waals surface area contributed by atoms with Gasteiger partial charge in [-0.15, -0.1) is 0 Å². The molecule has 2 aromatic rings. The van der Waals surface area contributed by atoms with E-state index in [0.717, 1.165) is 22.6 Å². The molecule has 3 atom stereocenters. The largest absolute Gasteiger partial charge is 0.372 e. The second kappa shape index (κ2) is 8.99. The molecule has 178 valence electrons. The molecule has 2 saturated heterocycles. The normalized spacial score (nSPS) is 27.4. The van der Waals surface area contributed by atoms with Gasteiger partial charge in [0.2, 0.25) is 10.0 Å². The van der Waals surface area contributed by atoms with E-state index in [0.29, 0.717) is 0 Å². The highest BCUT2D eigenvalue weighted by Crippen LogP contribution is 2.42. The summed E-state index contributed by atoms with van der Waals surface area (Å²) in [6.45, 7) is -1.32. The first-order valence-corrected chi connectivity index (χ1v) is 11.5. The minimum atomic E-state index is -4.12. The maximum atomic E-state index is 15.1. The zero-order valence-electron chi connectivity index (χ0n) is 17.5. The Morgan fingerprint density at radius 2 is 2.12 bits per heavy atom. The Hall–Kier alpha value is -2.58. The maximum absolute atomic E-state index is 15.1. The van der Waals surface area contributed by atoms with Crippen LogP contribution in [0.4, 0.5) is 18.9 Å². The summed E-state index contributed by atoms with van der Waals surface area (Å²) >= 11 is 0. The van der Waals surface area contributed by atoms with Crippen molar-refractivity contribution >= 4 is 21.6 Å². The molecular weight excluding hydrogens is 463 g/mol. The van der Waals surface area contributed by atoms with E-state index in [1.165, 1.54) is 25.2 Å². The smallest absolute Gasteiger partial charge is 0.274 e. The van der Waals surface area contributed by atoms with Gasteiger partial charge in [-0.25, -0.2) is 26.6 Å². The number of carbonyl (C=O) groups is 1. The van der Waals surface area contributed by atoms with Gasteiger partial charge < -0.3 is 10.1 Å². The van der Waals surface area contributed by atoms with Gasteiger partial charge >= 0.3 is 0 Å². The van der Waals surface area contributed by atoms with Crippen molar-refractivity contribution in [2.45, 2.75) is 16.9 Å². The number of hydrogen-bond donors (Lipinski definition) is 3. The van der Waals surface area contributed by atoms with E-state index in [9.17, 15) is 22.0 Å². The predicted octanol–water partition coefficient (Wildman–Crippen LogP) is 0.914. The number of nitrogens with one attached hydrogen (secondary N) is 3. The highest BCUT2D eigenvalue weighted by molar-refractivity contribution is 7.89. The fraction of sp³-hybridized carbons (Fsp3) is 0.400. The number of nitrogens with zero attached hydrogens (tertiary/aromatic N) is 2. The lowest BCUT2D eigenvalue weighted by Crippen LogP contribution is -2.63. The lowest BCUT2D eigenvalue weighted by Gasteiger charge is -2.40. The molecule has 2 fully saturated rings. The topological polar surface area (TPSA) is 113 Å². The van der Waals surface area contributed by atoms with Crippen LogP contribution in [0, 0.1) is 11.6 Å². The number of pyridine rings is 1. The summed E-state index contributed by atoms with van der Waals surface area (Å²) in [5.74, 6) is -2.04. The molecule has 9 nitrogen and oxygen atoms in total. The van der Waals surface area contributed by atoms with Crippen molar-refractivity contribution in [1.29, 1.82) is 0 Å². The van der Waals surface area contributed by atoms with Gasteiger partial charge in [0.1, 0.15) is 35.4 Å². The second-order valence-electron chi connectivity index (χ2n) is 7.81. The fourth-order valence-electron chi connectivity index (χ4n) is 4.14. The van der Waals surface area contributed by atoms with Crippen LogP contribution in [-0.4, -0.2) is 68.6 Å². The van der Waals surface area contributed by atoms with Gasteiger partial charge in [-0.1, -0.05) is 0 Å². The molecule has 13 heteroatoms. The van der Waals surface area contributed by atoms with Crippen LogP contribution in [0.3, 0.4) is 0 Å². The quantitative estimate of drug-likeness (QED) is 0.590. The highest BCUT2D eigenvalue weighted by Gasteiger charge is 2.59. The third-order valence-electron chi connectivity index (χ3n) is 5.78. The summed E-state index contributed by atoms with van der Waals surface area (Å²) in [6.07, 6.45) is -0.432. The molecule has 4 rings (SSSR count). The summed E-state index contributed by atoms with van der Waals surface area (Å²) in [4.78, 5) is 16.2. The molecular formula is C20H22F3N5O4S. The molecule has 1 amide bonds. The van der Waals surface area contributed by atoms with E-state index >= 15 is 4.39 Å². The summed E-state index contributed by atoms with van der Waals surface area (Å²) in [5.41, 5.74) is -1.66. The molecule has 0 saturated carbocycles. The van der Waals surface area contributed by atoms with E-state index in [-0.39, 0.29) is 36.9 Å². The van der Waals surface area contributed by atoms with Crippen LogP contribution in [0.25, 0.3) is 0 Å². The van der Waals surface area contributed by atoms with Crippen LogP contribution in [0.15, 0.2) is 36.5 Å². The third kappa shape index (κ3) is 4.22. The van der Waals surface area contributed by atoms with Crippen LogP contribution < -0.4 is 16.0 Å². The van der Waals surface area contributed by atoms with Gasteiger partial charge in [0.15, 0.2) is 0 Å². The summed E-state index contributed by atoms with van der Waals surface area (Å²) < 4.78 is 75.1. The fourth-order valence-corrected chi connectivity index (χ4v) is 6.12. The number of ether oxygens (including phenoxy) is 1. The Morgan fingerprint density at radius 1 is 1.33 bits per heavy atom. The number of halogens is 3. The number of fused-ring (bicyclic) bond motifs is 1. The van der Waals surface area contributed by atoms with Crippen molar-refractivity contribution in [2.75, 3.05) is 39.0 Å². The number of rotatable bonds is 4. The monoisotopic (exact) mass is 485 g/mol. The molecule has 33 heavy (non-hydrogen) atoms. The van der Waals surface area contributed by atoms with Gasteiger partial charge in [0.25, 0.3) is 5.91 Å². The second-order valence-corrected chi connectivity index (χ2v) is 9.97. The first-order chi connectivity index (χ1) is 15.7. The van der Waals surface area contributed by atoms with Crippen LogP contribution in [0.2, 0.25) is 0 Å². The predicted molar refractivity (Wildman–Crippen MR) is 112 cm³/mol. The third-order valence-corrected chi connectivity index (χ3v) is 8.13. The van der Waals surface area contributed by atoms with Crippen LogP contribution in [0.5, 0.6) is 0 Å². The lowest BCUT2D eigenvalue weighted by atomic mass is 9.86. The van der Waals surface area contributed by atoms with E-state index in [4.69, 9.17) is 4.74 Å². The van der Waals surface area contributed by atoms with Crippen LogP contribution in [0.1, 0.15) is 16.1 Å². The van der Waals surface area contributed by atoms with Gasteiger partial charge in [-0.05, 0) is 30.3 Å². The number of benzene rings is 1. The molecule has 0 bridgehead atoms. The molecule has 0 aliphatic carbocycles. The molecule has 0 unspecified atom stereocenters. The van der Waals surface area contributed by atoms with Gasteiger partial charge in [0, 0.05) is 25.0 Å². The number of carbonyl (C=O) groups excluding carboxylic acids is 1. The van der Waals surface area contributed by atoms with Crippen molar-refractivity contribution in [1.82, 2.24) is 19.9 Å². The lowest BCUT2D eigenvalue weighted by molar-refractivity contribution is 0.0817. The number of anilines is 1. The van der Waals surface area contributed by atoms with Crippen molar-refractivity contribution in [2.24, 2.45) is 0 Å². The first kappa shape index (κ1) is 23.6. The average molecular weight is 485 g/mol. The molecule has 2 aliphatic rings. The molecule has 0 radical (unpaired) electrons. The van der Waals surface area contributed by atoms with Crippen molar-refractivity contribution in [3.63, 3.8) is 0 Å². The Morgan fingerprint density at radius 3 is 2.82 bits per heavy atom. The Labute approximate surface area is 188 Å². The van der Waals surface area contributed by atoms with Gasteiger partial charge in [0.05, 0.1) is 25.0 Å². The first-order valence-electron chi connectivity index (χ1n) is 10.0. The highest BCUT2D eigenvalue weighted by atomic mass is 32.2. The van der Waals surface area contributed by atoms with Crippen LogP contribution >= 0.6 is 0 Å². The number of alkyl halides is 1. The van der Waals surface area contributed by atoms with Crippen molar-refractivity contribution in [3.05, 3.63) is 59.4 Å². The van der Waals surface area contributed by atoms with E-state index < -0.39 is 51.1 Å². The van der Waals surface area contributed by atoms with E-state index in [1.807, 2.05) is 0 Å². The number of sulfonamides is 1. The minimum Gasteiger partial charge on any atom is -0.372 e. The number of amides is 1. The molecule has 0 spiro atoms. The van der Waals surface area contributed by atoms with Crippen molar-refractivity contribution in [3.8, 4) is 0 Å². The minimum absolute atomic E-state index is 0.0236. The SMILES string of the molecule is CN1CNCN[C@@]2(c3cc(NC(=O)c4ccc(F)cn4)ccc3F)CO[C@@H](CF)[C@H]2S1(=O)=O. The van der Waals surface area contributed by atoms with E-state index in [2.05, 4.69) is 20.9 Å². The molecule has 1 aromatic heterocycles. The molecule has 3 heterocycles. The maximum Gasteiger partial charge on any atom is 0.274 e. The zero-order valence-corrected chi connectivity index (χ0v) is 18.3.